The van der Waals surface area contributed by atoms with Crippen molar-refractivity contribution in [1.29, 1.82) is 0 Å². The summed E-state index contributed by atoms with van der Waals surface area (Å²) in [4.78, 5) is 9.70. The number of methoxy groups -OCH3 is 2. The van der Waals surface area contributed by atoms with Crippen molar-refractivity contribution < 1.29 is 9.47 Å². The highest BCUT2D eigenvalue weighted by Gasteiger charge is 2.29. The predicted octanol–water partition coefficient (Wildman–Crippen LogP) is 3.58. The second-order valence-corrected chi connectivity index (χ2v) is 7.23. The normalized spacial score (nSPS) is 17.8. The van der Waals surface area contributed by atoms with E-state index in [-0.39, 0.29) is 6.04 Å². The monoisotopic (exact) mass is 377 g/mol. The molecule has 0 aliphatic carbocycles. The molecule has 1 unspecified atom stereocenters. The average Bonchev–Trinajstić information content (AvgIpc) is 2.74. The number of benzene rings is 2. The van der Waals surface area contributed by atoms with Gasteiger partial charge in [0.15, 0.2) is 0 Å². The molecule has 1 fully saturated rings. The SMILES string of the molecule is COCC1CN(Cc2ccccc2)CCN1c1nc(OC)cc2ccccc12. The van der Waals surface area contributed by atoms with E-state index in [4.69, 9.17) is 14.5 Å². The van der Waals surface area contributed by atoms with E-state index in [1.54, 1.807) is 14.2 Å². The maximum atomic E-state index is 5.57. The predicted molar refractivity (Wildman–Crippen MR) is 113 cm³/mol. The van der Waals surface area contributed by atoms with Crippen LogP contribution < -0.4 is 9.64 Å². The molecular formula is C23H27N3O2. The van der Waals surface area contributed by atoms with Gasteiger partial charge in [0.2, 0.25) is 5.88 Å². The van der Waals surface area contributed by atoms with Gasteiger partial charge >= 0.3 is 0 Å². The highest BCUT2D eigenvalue weighted by atomic mass is 16.5. The fraction of sp³-hybridized carbons (Fsp3) is 0.348. The molecule has 0 amide bonds. The van der Waals surface area contributed by atoms with Gasteiger partial charge in [-0.3, -0.25) is 4.90 Å². The Labute approximate surface area is 166 Å². The quantitative estimate of drug-likeness (QED) is 0.656. The molecule has 0 N–H and O–H groups in total. The largest absolute Gasteiger partial charge is 0.481 e. The number of hydrogen-bond acceptors (Lipinski definition) is 5. The van der Waals surface area contributed by atoms with Crippen molar-refractivity contribution >= 4 is 16.6 Å². The summed E-state index contributed by atoms with van der Waals surface area (Å²) in [5, 5.41) is 2.30. The van der Waals surface area contributed by atoms with E-state index in [0.717, 1.165) is 42.8 Å². The molecule has 1 aliphatic heterocycles. The highest BCUT2D eigenvalue weighted by Crippen LogP contribution is 2.31. The summed E-state index contributed by atoms with van der Waals surface area (Å²) in [5.74, 6) is 1.63. The van der Waals surface area contributed by atoms with E-state index >= 15 is 0 Å². The molecule has 5 nitrogen and oxygen atoms in total. The lowest BCUT2D eigenvalue weighted by Crippen LogP contribution is -2.55. The van der Waals surface area contributed by atoms with Crippen LogP contribution in [0.3, 0.4) is 0 Å². The molecule has 0 spiro atoms. The van der Waals surface area contributed by atoms with Crippen molar-refractivity contribution in [2.24, 2.45) is 0 Å². The van der Waals surface area contributed by atoms with E-state index in [1.807, 2.05) is 6.07 Å². The number of aromatic nitrogens is 1. The molecule has 2 heterocycles. The summed E-state index contributed by atoms with van der Waals surface area (Å²) in [7, 11) is 3.44. The Balaban J connectivity index is 1.62. The smallest absolute Gasteiger partial charge is 0.215 e. The van der Waals surface area contributed by atoms with Crippen LogP contribution in [0.15, 0.2) is 60.7 Å². The zero-order valence-corrected chi connectivity index (χ0v) is 16.5. The molecule has 0 radical (unpaired) electrons. The fourth-order valence-corrected chi connectivity index (χ4v) is 4.00. The first kappa shape index (κ1) is 18.7. The van der Waals surface area contributed by atoms with Crippen LogP contribution in [-0.4, -0.2) is 56.4 Å². The summed E-state index contributed by atoms with van der Waals surface area (Å²) >= 11 is 0. The van der Waals surface area contributed by atoms with Gasteiger partial charge in [0, 0.05) is 44.7 Å². The summed E-state index contributed by atoms with van der Waals surface area (Å²) in [6, 6.07) is 21.2. The number of hydrogen-bond donors (Lipinski definition) is 0. The van der Waals surface area contributed by atoms with Gasteiger partial charge in [-0.25, -0.2) is 0 Å². The van der Waals surface area contributed by atoms with Gasteiger partial charge in [-0.2, -0.15) is 4.98 Å². The number of pyridine rings is 1. The maximum absolute atomic E-state index is 5.57. The molecule has 146 valence electrons. The van der Waals surface area contributed by atoms with Crippen molar-refractivity contribution in [2.45, 2.75) is 12.6 Å². The van der Waals surface area contributed by atoms with Crippen LogP contribution in [0.25, 0.3) is 10.8 Å². The molecule has 28 heavy (non-hydrogen) atoms. The number of rotatable bonds is 6. The van der Waals surface area contributed by atoms with Crippen molar-refractivity contribution in [1.82, 2.24) is 9.88 Å². The second kappa shape index (κ2) is 8.59. The molecule has 0 bridgehead atoms. The number of ether oxygens (including phenoxy) is 2. The third-order valence-electron chi connectivity index (χ3n) is 5.35. The van der Waals surface area contributed by atoms with Crippen molar-refractivity contribution in [3.63, 3.8) is 0 Å². The molecule has 0 saturated carbocycles. The Morgan fingerprint density at radius 1 is 1.00 bits per heavy atom. The standard InChI is InChI=1S/C23H27N3O2/c1-27-17-20-16-25(15-18-8-4-3-5-9-18)12-13-26(20)23-21-11-7-6-10-19(21)14-22(24-23)28-2/h3-11,14,20H,12-13,15-17H2,1-2H3. The Morgan fingerprint density at radius 3 is 2.57 bits per heavy atom. The van der Waals surface area contributed by atoms with Crippen LogP contribution in [0.5, 0.6) is 5.88 Å². The molecule has 5 heteroatoms. The van der Waals surface area contributed by atoms with Crippen LogP contribution in [0.1, 0.15) is 5.56 Å². The van der Waals surface area contributed by atoms with Gasteiger partial charge in [0.1, 0.15) is 5.82 Å². The summed E-state index contributed by atoms with van der Waals surface area (Å²) < 4.78 is 11.0. The number of fused-ring (bicyclic) bond motifs is 1. The summed E-state index contributed by atoms with van der Waals surface area (Å²) in [6.45, 7) is 4.46. The lowest BCUT2D eigenvalue weighted by Gasteiger charge is -2.42. The number of piperazine rings is 1. The zero-order valence-electron chi connectivity index (χ0n) is 16.5. The molecule has 1 saturated heterocycles. The Hall–Kier alpha value is -2.63. The minimum Gasteiger partial charge on any atom is -0.481 e. The topological polar surface area (TPSA) is 37.8 Å². The van der Waals surface area contributed by atoms with E-state index in [9.17, 15) is 0 Å². The first-order valence-corrected chi connectivity index (χ1v) is 9.74. The Bertz CT molecular complexity index is 916. The maximum Gasteiger partial charge on any atom is 0.215 e. The summed E-state index contributed by atoms with van der Waals surface area (Å²) in [5.41, 5.74) is 1.34. The van der Waals surface area contributed by atoms with Gasteiger partial charge in [0.05, 0.1) is 19.8 Å². The zero-order chi connectivity index (χ0) is 19.3. The molecule has 1 aromatic heterocycles. The molecule has 2 aromatic carbocycles. The fourth-order valence-electron chi connectivity index (χ4n) is 4.00. The first-order chi connectivity index (χ1) is 13.8. The van der Waals surface area contributed by atoms with Gasteiger partial charge in [-0.15, -0.1) is 0 Å². The molecule has 1 aliphatic rings. The minimum atomic E-state index is 0.241. The van der Waals surface area contributed by atoms with Gasteiger partial charge in [-0.1, -0.05) is 54.6 Å². The third-order valence-corrected chi connectivity index (χ3v) is 5.35. The van der Waals surface area contributed by atoms with Crippen molar-refractivity contribution in [3.8, 4) is 5.88 Å². The van der Waals surface area contributed by atoms with E-state index in [2.05, 4.69) is 64.4 Å². The molecular weight excluding hydrogens is 350 g/mol. The lowest BCUT2D eigenvalue weighted by molar-refractivity contribution is 0.129. The number of nitrogens with zero attached hydrogens (tertiary/aromatic N) is 3. The van der Waals surface area contributed by atoms with Gasteiger partial charge in [0.25, 0.3) is 0 Å². The third kappa shape index (κ3) is 3.96. The second-order valence-electron chi connectivity index (χ2n) is 7.23. The molecule has 4 rings (SSSR count). The molecule has 3 aromatic rings. The minimum absolute atomic E-state index is 0.241. The van der Waals surface area contributed by atoms with Crippen molar-refractivity contribution in [3.05, 3.63) is 66.2 Å². The van der Waals surface area contributed by atoms with Crippen LogP contribution in [-0.2, 0) is 11.3 Å². The first-order valence-electron chi connectivity index (χ1n) is 9.74. The Morgan fingerprint density at radius 2 is 1.79 bits per heavy atom. The van der Waals surface area contributed by atoms with Crippen LogP contribution in [0, 0.1) is 0 Å². The van der Waals surface area contributed by atoms with Crippen LogP contribution in [0.4, 0.5) is 5.82 Å². The van der Waals surface area contributed by atoms with E-state index < -0.39 is 0 Å². The van der Waals surface area contributed by atoms with E-state index in [1.165, 1.54) is 5.56 Å². The summed E-state index contributed by atoms with van der Waals surface area (Å²) in [6.07, 6.45) is 0. The molecule has 1 atom stereocenters. The average molecular weight is 377 g/mol. The van der Waals surface area contributed by atoms with Crippen LogP contribution in [0.2, 0.25) is 0 Å². The van der Waals surface area contributed by atoms with Crippen molar-refractivity contribution in [2.75, 3.05) is 45.4 Å². The van der Waals surface area contributed by atoms with Gasteiger partial charge < -0.3 is 14.4 Å². The lowest BCUT2D eigenvalue weighted by atomic mass is 10.1. The van der Waals surface area contributed by atoms with Gasteiger partial charge in [-0.05, 0) is 10.9 Å². The number of anilines is 1. The highest BCUT2D eigenvalue weighted by molar-refractivity contribution is 5.93. The van der Waals surface area contributed by atoms with Crippen LogP contribution >= 0.6 is 0 Å². The Kier molecular flexibility index (Phi) is 5.74. The van der Waals surface area contributed by atoms with E-state index in [0.29, 0.717) is 12.5 Å².